The fourth-order valence-electron chi connectivity index (χ4n) is 4.56. The van der Waals surface area contributed by atoms with Crippen molar-refractivity contribution in [2.45, 2.75) is 31.5 Å². The van der Waals surface area contributed by atoms with Crippen LogP contribution in [0.25, 0.3) is 11.0 Å². The number of piperidine rings is 1. The molecule has 1 amide bonds. The lowest BCUT2D eigenvalue weighted by Crippen LogP contribution is -2.45. The first-order valence-electron chi connectivity index (χ1n) is 10.4. The molecule has 0 saturated carbocycles. The van der Waals surface area contributed by atoms with Crippen LogP contribution in [0, 0.1) is 5.82 Å². The summed E-state index contributed by atoms with van der Waals surface area (Å²) in [6.07, 6.45) is 1.22. The number of carbonyl (C=O) groups excluding carboxylic acids is 1. The standard InChI is InChI=1S/C25H22FN3O2/c26-19-12-10-18(11-13-19)21-14-15-23(24(30)28(21)16-17-6-2-1-3-7-17)29-22-9-5-4-8-20(22)27-25(29)31/h1-13,21,23H,14-16H2,(H,27,31)/t21-,23+/m0/s1. The number of fused-ring (bicyclic) bond motifs is 1. The highest BCUT2D eigenvalue weighted by atomic mass is 19.1. The van der Waals surface area contributed by atoms with E-state index in [1.807, 2.05) is 59.5 Å². The number of nitrogens with zero attached hydrogens (tertiary/aromatic N) is 2. The first kappa shape index (κ1) is 19.3. The van der Waals surface area contributed by atoms with E-state index in [2.05, 4.69) is 4.98 Å². The highest BCUT2D eigenvalue weighted by Crippen LogP contribution is 2.38. The van der Waals surface area contributed by atoms with Crippen molar-refractivity contribution >= 4 is 16.9 Å². The number of imidazole rings is 1. The summed E-state index contributed by atoms with van der Waals surface area (Å²) >= 11 is 0. The molecule has 0 radical (unpaired) electrons. The largest absolute Gasteiger partial charge is 0.330 e. The highest BCUT2D eigenvalue weighted by Gasteiger charge is 2.38. The van der Waals surface area contributed by atoms with E-state index < -0.39 is 6.04 Å². The molecule has 1 aromatic heterocycles. The van der Waals surface area contributed by atoms with Gasteiger partial charge in [-0.25, -0.2) is 9.18 Å². The molecule has 4 aromatic rings. The molecule has 156 valence electrons. The zero-order valence-corrected chi connectivity index (χ0v) is 16.9. The number of hydrogen-bond acceptors (Lipinski definition) is 2. The summed E-state index contributed by atoms with van der Waals surface area (Å²) in [5, 5.41) is 0. The predicted molar refractivity (Wildman–Crippen MR) is 117 cm³/mol. The van der Waals surface area contributed by atoms with Crippen LogP contribution in [0.3, 0.4) is 0 Å². The minimum absolute atomic E-state index is 0.101. The molecule has 6 heteroatoms. The van der Waals surface area contributed by atoms with Gasteiger partial charge in [-0.1, -0.05) is 54.6 Å². The molecule has 2 atom stereocenters. The third kappa shape index (κ3) is 3.54. The maximum atomic E-state index is 13.8. The van der Waals surface area contributed by atoms with Crippen LogP contribution >= 0.6 is 0 Å². The van der Waals surface area contributed by atoms with Gasteiger partial charge in [-0.3, -0.25) is 9.36 Å². The molecule has 0 bridgehead atoms. The number of H-pyrrole nitrogens is 1. The summed E-state index contributed by atoms with van der Waals surface area (Å²) in [5.41, 5.74) is 3.08. The molecule has 2 heterocycles. The van der Waals surface area contributed by atoms with Crippen molar-refractivity contribution in [1.29, 1.82) is 0 Å². The SMILES string of the molecule is O=C1[C@H](n2c(=O)[nH]c3ccccc32)CC[C@@H](c2ccc(F)cc2)N1Cc1ccccc1. The van der Waals surface area contributed by atoms with Crippen LogP contribution in [0.1, 0.15) is 36.1 Å². The quantitative estimate of drug-likeness (QED) is 0.531. The zero-order valence-electron chi connectivity index (χ0n) is 16.9. The van der Waals surface area contributed by atoms with Gasteiger partial charge in [0.2, 0.25) is 5.91 Å². The number of hydrogen-bond donors (Lipinski definition) is 1. The Labute approximate surface area is 178 Å². The normalized spacial score (nSPS) is 19.1. The molecule has 3 aromatic carbocycles. The van der Waals surface area contributed by atoms with Crippen LogP contribution in [-0.4, -0.2) is 20.4 Å². The van der Waals surface area contributed by atoms with Gasteiger partial charge in [0.15, 0.2) is 0 Å². The molecule has 1 aliphatic rings. The van der Waals surface area contributed by atoms with Crippen LogP contribution in [0.5, 0.6) is 0 Å². The van der Waals surface area contributed by atoms with Crippen molar-refractivity contribution in [3.05, 3.63) is 106 Å². The maximum absolute atomic E-state index is 13.8. The Balaban J connectivity index is 1.55. The van der Waals surface area contributed by atoms with Gasteiger partial charge < -0.3 is 9.88 Å². The van der Waals surface area contributed by atoms with Crippen LogP contribution in [0.15, 0.2) is 83.7 Å². The first-order valence-corrected chi connectivity index (χ1v) is 10.4. The molecule has 0 unspecified atom stereocenters. The number of aromatic nitrogens is 2. The lowest BCUT2D eigenvalue weighted by Gasteiger charge is -2.40. The summed E-state index contributed by atoms with van der Waals surface area (Å²) < 4.78 is 15.1. The highest BCUT2D eigenvalue weighted by molar-refractivity contribution is 5.85. The van der Waals surface area contributed by atoms with Gasteiger partial charge >= 0.3 is 5.69 Å². The molecule has 1 aliphatic heterocycles. The minimum Gasteiger partial charge on any atom is -0.330 e. The van der Waals surface area contributed by atoms with E-state index in [1.165, 1.54) is 12.1 Å². The number of amides is 1. The Morgan fingerprint density at radius 2 is 1.52 bits per heavy atom. The molecule has 1 N–H and O–H groups in total. The molecule has 31 heavy (non-hydrogen) atoms. The van der Waals surface area contributed by atoms with Gasteiger partial charge in [0.25, 0.3) is 0 Å². The number of para-hydroxylation sites is 2. The second kappa shape index (κ2) is 7.87. The second-order valence-corrected chi connectivity index (χ2v) is 7.93. The molecule has 0 aliphatic carbocycles. The number of benzene rings is 3. The Bertz CT molecular complexity index is 1280. The van der Waals surface area contributed by atoms with Crippen molar-refractivity contribution in [1.82, 2.24) is 14.5 Å². The Hall–Kier alpha value is -3.67. The summed E-state index contributed by atoms with van der Waals surface area (Å²) in [7, 11) is 0. The number of aromatic amines is 1. The smallest absolute Gasteiger partial charge is 0.327 e. The van der Waals surface area contributed by atoms with Gasteiger partial charge in [0, 0.05) is 6.54 Å². The Kier molecular flexibility index (Phi) is 4.90. The van der Waals surface area contributed by atoms with E-state index >= 15 is 0 Å². The van der Waals surface area contributed by atoms with Crippen molar-refractivity contribution < 1.29 is 9.18 Å². The average molecular weight is 415 g/mol. The van der Waals surface area contributed by atoms with Gasteiger partial charge in [0.05, 0.1) is 17.1 Å². The molecular weight excluding hydrogens is 393 g/mol. The Morgan fingerprint density at radius 3 is 2.29 bits per heavy atom. The molecule has 5 rings (SSSR count). The Morgan fingerprint density at radius 1 is 0.839 bits per heavy atom. The lowest BCUT2D eigenvalue weighted by atomic mass is 9.91. The third-order valence-corrected chi connectivity index (χ3v) is 6.04. The van der Waals surface area contributed by atoms with Crippen LogP contribution < -0.4 is 5.69 Å². The fourth-order valence-corrected chi connectivity index (χ4v) is 4.56. The van der Waals surface area contributed by atoms with Crippen molar-refractivity contribution in [3.63, 3.8) is 0 Å². The minimum atomic E-state index is -0.580. The second-order valence-electron chi connectivity index (χ2n) is 7.93. The van der Waals surface area contributed by atoms with E-state index in [4.69, 9.17) is 0 Å². The van der Waals surface area contributed by atoms with E-state index in [-0.39, 0.29) is 23.5 Å². The van der Waals surface area contributed by atoms with Gasteiger partial charge in [-0.15, -0.1) is 0 Å². The number of carbonyl (C=O) groups is 1. The summed E-state index contributed by atoms with van der Waals surface area (Å²) in [4.78, 5) is 31.2. The lowest BCUT2D eigenvalue weighted by molar-refractivity contribution is -0.142. The summed E-state index contributed by atoms with van der Waals surface area (Å²) in [6.45, 7) is 0.426. The molecular formula is C25H22FN3O2. The van der Waals surface area contributed by atoms with Gasteiger partial charge in [-0.2, -0.15) is 0 Å². The molecule has 1 saturated heterocycles. The summed E-state index contributed by atoms with van der Waals surface area (Å²) in [5.74, 6) is -0.403. The number of nitrogens with one attached hydrogen (secondary N) is 1. The molecule has 1 fully saturated rings. The van der Waals surface area contributed by atoms with Crippen LogP contribution in [0.4, 0.5) is 4.39 Å². The van der Waals surface area contributed by atoms with Gasteiger partial charge in [-0.05, 0) is 48.2 Å². The number of likely N-dealkylation sites (tertiary alicyclic amines) is 1. The van der Waals surface area contributed by atoms with Crippen molar-refractivity contribution in [3.8, 4) is 0 Å². The molecule has 5 nitrogen and oxygen atoms in total. The van der Waals surface area contributed by atoms with Crippen molar-refractivity contribution in [2.75, 3.05) is 0 Å². The number of halogens is 1. The average Bonchev–Trinajstić information content (AvgIpc) is 3.12. The third-order valence-electron chi connectivity index (χ3n) is 6.04. The first-order chi connectivity index (χ1) is 15.1. The van der Waals surface area contributed by atoms with E-state index in [9.17, 15) is 14.0 Å². The topological polar surface area (TPSA) is 58.1 Å². The van der Waals surface area contributed by atoms with Crippen LogP contribution in [0.2, 0.25) is 0 Å². The van der Waals surface area contributed by atoms with Crippen LogP contribution in [-0.2, 0) is 11.3 Å². The fraction of sp³-hybridized carbons (Fsp3) is 0.200. The molecule has 0 spiro atoms. The van der Waals surface area contributed by atoms with E-state index in [0.717, 1.165) is 22.2 Å². The van der Waals surface area contributed by atoms with Crippen molar-refractivity contribution in [2.24, 2.45) is 0 Å². The summed E-state index contributed by atoms with van der Waals surface area (Å²) in [6, 6.07) is 22.8. The zero-order chi connectivity index (χ0) is 21.4. The maximum Gasteiger partial charge on any atom is 0.327 e. The van der Waals surface area contributed by atoms with Gasteiger partial charge in [0.1, 0.15) is 11.9 Å². The predicted octanol–water partition coefficient (Wildman–Crippen LogP) is 4.57. The van der Waals surface area contributed by atoms with E-state index in [0.29, 0.717) is 19.4 Å². The van der Waals surface area contributed by atoms with E-state index in [1.54, 1.807) is 16.7 Å². The number of rotatable bonds is 4. The monoisotopic (exact) mass is 415 g/mol.